The summed E-state index contributed by atoms with van der Waals surface area (Å²) in [7, 11) is 3.25. The van der Waals surface area contributed by atoms with E-state index in [2.05, 4.69) is 24.5 Å². The number of hydrogen-bond donors (Lipinski definition) is 2. The molecule has 27 heavy (non-hydrogen) atoms. The lowest BCUT2D eigenvalue weighted by Crippen LogP contribution is -2.74. The van der Waals surface area contributed by atoms with Crippen molar-refractivity contribution in [2.45, 2.75) is 50.8 Å². The zero-order valence-electron chi connectivity index (χ0n) is 16.6. The highest BCUT2D eigenvalue weighted by atomic mass is 32.2. The predicted octanol–water partition coefficient (Wildman–Crippen LogP) is 0.699. The third kappa shape index (κ3) is 4.25. The molecule has 0 spiro atoms. The van der Waals surface area contributed by atoms with Gasteiger partial charge < -0.3 is 9.80 Å². The molecule has 0 aromatic carbocycles. The Kier molecular flexibility index (Phi) is 6.32. The molecule has 3 aliphatic heterocycles. The van der Waals surface area contributed by atoms with Crippen LogP contribution in [-0.4, -0.2) is 83.2 Å². The van der Waals surface area contributed by atoms with Gasteiger partial charge in [-0.25, -0.2) is 4.79 Å². The summed E-state index contributed by atoms with van der Waals surface area (Å²) in [6, 6.07) is -0.296. The highest BCUT2D eigenvalue weighted by Gasteiger charge is 2.50. The van der Waals surface area contributed by atoms with E-state index in [0.29, 0.717) is 11.7 Å². The van der Waals surface area contributed by atoms with Crippen LogP contribution < -0.4 is 10.6 Å². The van der Waals surface area contributed by atoms with Crippen molar-refractivity contribution in [3.05, 3.63) is 0 Å². The molecule has 0 bridgehead atoms. The van der Waals surface area contributed by atoms with Gasteiger partial charge >= 0.3 is 6.03 Å². The SMILES string of the molecule is CC(C)CC1NC(SCC(=O)N2CCCC2)C2C(=O)N(C)C(=O)N(C)C2N1. The van der Waals surface area contributed by atoms with Crippen molar-refractivity contribution in [3.63, 3.8) is 0 Å². The number of nitrogens with one attached hydrogen (secondary N) is 2. The Bertz CT molecular complexity index is 596. The van der Waals surface area contributed by atoms with Gasteiger partial charge in [0.25, 0.3) is 0 Å². The molecule has 0 saturated carbocycles. The topological polar surface area (TPSA) is 85.0 Å². The number of thioether (sulfide) groups is 1. The Morgan fingerprint density at radius 3 is 2.48 bits per heavy atom. The van der Waals surface area contributed by atoms with E-state index >= 15 is 0 Å². The van der Waals surface area contributed by atoms with Crippen molar-refractivity contribution in [1.29, 1.82) is 0 Å². The first-order valence-electron chi connectivity index (χ1n) is 9.75. The summed E-state index contributed by atoms with van der Waals surface area (Å²) < 4.78 is 0. The monoisotopic (exact) mass is 397 g/mol. The second kappa shape index (κ2) is 8.36. The van der Waals surface area contributed by atoms with Crippen LogP contribution in [0.3, 0.4) is 0 Å². The van der Waals surface area contributed by atoms with Crippen LogP contribution in [0.25, 0.3) is 0 Å². The van der Waals surface area contributed by atoms with Crippen LogP contribution in [0, 0.1) is 11.8 Å². The first kappa shape index (κ1) is 20.4. The van der Waals surface area contributed by atoms with Crippen LogP contribution >= 0.6 is 11.8 Å². The summed E-state index contributed by atoms with van der Waals surface area (Å²) in [6.45, 7) is 5.95. The average molecular weight is 398 g/mol. The molecule has 4 atom stereocenters. The second-order valence-electron chi connectivity index (χ2n) is 8.10. The molecule has 3 aliphatic rings. The molecule has 3 saturated heterocycles. The maximum Gasteiger partial charge on any atom is 0.327 e. The molecule has 0 aromatic heterocycles. The highest BCUT2D eigenvalue weighted by molar-refractivity contribution is 8.00. The first-order chi connectivity index (χ1) is 12.8. The van der Waals surface area contributed by atoms with Crippen molar-refractivity contribution in [2.24, 2.45) is 11.8 Å². The van der Waals surface area contributed by atoms with Gasteiger partial charge in [0.05, 0.1) is 29.4 Å². The van der Waals surface area contributed by atoms with Crippen molar-refractivity contribution in [2.75, 3.05) is 32.9 Å². The third-order valence-electron chi connectivity index (χ3n) is 5.58. The standard InChI is InChI=1S/C18H31N5O3S/c1-11(2)9-12-19-15-14(17(25)22(4)18(26)21(15)3)16(20-12)27-10-13(24)23-7-5-6-8-23/h11-12,14-16,19-20H,5-10H2,1-4H3. The summed E-state index contributed by atoms with van der Waals surface area (Å²) >= 11 is 1.49. The minimum Gasteiger partial charge on any atom is -0.342 e. The fraction of sp³-hybridized carbons (Fsp3) is 0.833. The maximum absolute atomic E-state index is 12.8. The minimum atomic E-state index is -0.419. The van der Waals surface area contributed by atoms with Crippen LogP contribution in [0.1, 0.15) is 33.1 Å². The second-order valence-corrected chi connectivity index (χ2v) is 9.23. The minimum absolute atomic E-state index is 0.00269. The molecule has 3 heterocycles. The molecule has 3 rings (SSSR count). The zero-order chi connectivity index (χ0) is 19.7. The van der Waals surface area contributed by atoms with Crippen molar-refractivity contribution in [1.82, 2.24) is 25.3 Å². The Hall–Kier alpha value is -1.32. The molecular weight excluding hydrogens is 366 g/mol. The highest BCUT2D eigenvalue weighted by Crippen LogP contribution is 2.32. The van der Waals surface area contributed by atoms with E-state index in [4.69, 9.17) is 0 Å². The lowest BCUT2D eigenvalue weighted by molar-refractivity contribution is -0.140. The summed E-state index contributed by atoms with van der Waals surface area (Å²) in [5.74, 6) is 0.334. The summed E-state index contributed by atoms with van der Waals surface area (Å²) in [5.41, 5.74) is 0. The fourth-order valence-electron chi connectivity index (χ4n) is 4.09. The van der Waals surface area contributed by atoms with Crippen LogP contribution in [0.15, 0.2) is 0 Å². The quantitative estimate of drug-likeness (QED) is 0.710. The number of imide groups is 1. The summed E-state index contributed by atoms with van der Waals surface area (Å²) in [5, 5.41) is 6.73. The molecule has 0 radical (unpaired) electrons. The van der Waals surface area contributed by atoms with Gasteiger partial charge in [-0.15, -0.1) is 11.8 Å². The number of hydrogen-bond acceptors (Lipinski definition) is 6. The molecule has 0 aliphatic carbocycles. The molecular formula is C18H31N5O3S. The van der Waals surface area contributed by atoms with E-state index in [9.17, 15) is 14.4 Å². The van der Waals surface area contributed by atoms with E-state index in [-0.39, 0.29) is 35.6 Å². The van der Waals surface area contributed by atoms with E-state index < -0.39 is 5.92 Å². The largest absolute Gasteiger partial charge is 0.342 e. The van der Waals surface area contributed by atoms with Gasteiger partial charge in [-0.1, -0.05) is 13.8 Å². The molecule has 4 amide bonds. The van der Waals surface area contributed by atoms with Gasteiger partial charge in [-0.2, -0.15) is 0 Å². The molecule has 0 aromatic rings. The van der Waals surface area contributed by atoms with Crippen LogP contribution in [0.4, 0.5) is 4.79 Å². The molecule has 4 unspecified atom stereocenters. The van der Waals surface area contributed by atoms with E-state index in [1.54, 1.807) is 11.9 Å². The Labute approximate surface area is 165 Å². The van der Waals surface area contributed by atoms with Gasteiger partial charge in [0.15, 0.2) is 0 Å². The third-order valence-corrected chi connectivity index (χ3v) is 6.78. The van der Waals surface area contributed by atoms with Gasteiger partial charge in [0, 0.05) is 27.2 Å². The Morgan fingerprint density at radius 1 is 1.19 bits per heavy atom. The van der Waals surface area contributed by atoms with Crippen LogP contribution in [0.2, 0.25) is 0 Å². The molecule has 9 heteroatoms. The molecule has 152 valence electrons. The molecule has 2 N–H and O–H groups in total. The number of urea groups is 1. The molecule has 3 fully saturated rings. The lowest BCUT2D eigenvalue weighted by Gasteiger charge is -2.50. The van der Waals surface area contributed by atoms with Crippen LogP contribution in [-0.2, 0) is 9.59 Å². The number of rotatable bonds is 5. The number of carbonyl (C=O) groups is 3. The maximum atomic E-state index is 12.8. The normalized spacial score (nSPS) is 31.7. The van der Waals surface area contributed by atoms with E-state index in [0.717, 1.165) is 32.4 Å². The average Bonchev–Trinajstić information content (AvgIpc) is 3.16. The van der Waals surface area contributed by atoms with Crippen molar-refractivity contribution in [3.8, 4) is 0 Å². The number of amides is 4. The first-order valence-corrected chi connectivity index (χ1v) is 10.8. The Balaban J connectivity index is 1.74. The number of carbonyl (C=O) groups excluding carboxylic acids is 3. The van der Waals surface area contributed by atoms with Crippen molar-refractivity contribution < 1.29 is 14.4 Å². The smallest absolute Gasteiger partial charge is 0.327 e. The van der Waals surface area contributed by atoms with Crippen molar-refractivity contribution >= 4 is 29.6 Å². The van der Waals surface area contributed by atoms with E-state index in [1.807, 2.05) is 4.90 Å². The predicted molar refractivity (Wildman–Crippen MR) is 105 cm³/mol. The van der Waals surface area contributed by atoms with Crippen LogP contribution in [0.5, 0.6) is 0 Å². The number of nitrogens with zero attached hydrogens (tertiary/aromatic N) is 3. The lowest BCUT2D eigenvalue weighted by atomic mass is 9.95. The van der Waals surface area contributed by atoms with Gasteiger partial charge in [0.2, 0.25) is 11.8 Å². The zero-order valence-corrected chi connectivity index (χ0v) is 17.4. The summed E-state index contributed by atoms with van der Waals surface area (Å²) in [4.78, 5) is 42.4. The fourth-order valence-corrected chi connectivity index (χ4v) is 5.33. The van der Waals surface area contributed by atoms with Gasteiger partial charge in [-0.05, 0) is 25.2 Å². The number of likely N-dealkylation sites (tertiary alicyclic amines) is 1. The van der Waals surface area contributed by atoms with Gasteiger partial charge in [-0.3, -0.25) is 25.1 Å². The van der Waals surface area contributed by atoms with E-state index in [1.165, 1.54) is 23.7 Å². The number of fused-ring (bicyclic) bond motifs is 1. The summed E-state index contributed by atoms with van der Waals surface area (Å²) in [6.07, 6.45) is 2.66. The Morgan fingerprint density at radius 2 is 1.85 bits per heavy atom. The molecule has 8 nitrogen and oxygen atoms in total. The van der Waals surface area contributed by atoms with Gasteiger partial charge in [0.1, 0.15) is 0 Å².